The first-order valence-electron chi connectivity index (χ1n) is 5.11. The second-order valence-electron chi connectivity index (χ2n) is 3.70. The zero-order valence-corrected chi connectivity index (χ0v) is 9.17. The van der Waals surface area contributed by atoms with Crippen molar-refractivity contribution in [3.63, 3.8) is 0 Å². The largest absolute Gasteiger partial charge is 0.391 e. The van der Waals surface area contributed by atoms with E-state index in [-0.39, 0.29) is 17.3 Å². The van der Waals surface area contributed by atoms with Gasteiger partial charge in [0.2, 0.25) is 11.7 Å². The van der Waals surface area contributed by atoms with E-state index in [0.717, 1.165) is 0 Å². The van der Waals surface area contributed by atoms with Crippen LogP contribution in [-0.2, 0) is 0 Å². The minimum absolute atomic E-state index is 0.0817. The molecule has 17 heavy (non-hydrogen) atoms. The Bertz CT molecular complexity index is 513. The molecule has 3 N–H and O–H groups in total. The van der Waals surface area contributed by atoms with Gasteiger partial charge < -0.3 is 15.4 Å². The Labute approximate surface area is 97.1 Å². The van der Waals surface area contributed by atoms with E-state index >= 15 is 0 Å². The minimum atomic E-state index is -0.816. The molecular weight excluding hydrogens is 225 g/mol. The van der Waals surface area contributed by atoms with Crippen molar-refractivity contribution in [2.75, 3.05) is 0 Å². The molecule has 6 heteroatoms. The van der Waals surface area contributed by atoms with Crippen molar-refractivity contribution in [2.24, 2.45) is 5.73 Å². The molecule has 5 nitrogen and oxygen atoms in total. The lowest BCUT2D eigenvalue weighted by atomic mass is 10.2. The third-order valence-corrected chi connectivity index (χ3v) is 2.36. The van der Waals surface area contributed by atoms with Gasteiger partial charge in [-0.1, -0.05) is 17.3 Å². The first-order valence-corrected chi connectivity index (χ1v) is 5.11. The number of rotatable bonds is 3. The lowest BCUT2D eigenvalue weighted by Crippen LogP contribution is -2.23. The molecule has 0 amide bonds. The zero-order chi connectivity index (χ0) is 12.4. The Kier molecular flexibility index (Phi) is 3.16. The fraction of sp³-hybridized carbons (Fsp3) is 0.273. The number of halogens is 1. The van der Waals surface area contributed by atoms with Crippen LogP contribution in [0.25, 0.3) is 11.4 Å². The monoisotopic (exact) mass is 237 g/mol. The van der Waals surface area contributed by atoms with E-state index in [4.69, 9.17) is 10.3 Å². The van der Waals surface area contributed by atoms with Crippen molar-refractivity contribution < 1.29 is 14.0 Å². The molecule has 2 rings (SSSR count). The maximum Gasteiger partial charge on any atom is 0.246 e. The van der Waals surface area contributed by atoms with Gasteiger partial charge in [-0.15, -0.1) is 0 Å². The van der Waals surface area contributed by atoms with Crippen LogP contribution < -0.4 is 5.73 Å². The van der Waals surface area contributed by atoms with Crippen LogP contribution in [0.1, 0.15) is 18.9 Å². The molecule has 0 aliphatic carbocycles. The molecule has 0 fully saturated rings. The van der Waals surface area contributed by atoms with Crippen molar-refractivity contribution in [2.45, 2.75) is 19.1 Å². The molecule has 0 radical (unpaired) electrons. The number of aliphatic hydroxyl groups is 1. The zero-order valence-electron chi connectivity index (χ0n) is 9.17. The molecular formula is C11H12FN3O2. The third kappa shape index (κ3) is 2.32. The number of aromatic nitrogens is 2. The van der Waals surface area contributed by atoms with Gasteiger partial charge in [0.25, 0.3) is 0 Å². The van der Waals surface area contributed by atoms with Crippen LogP contribution in [0.3, 0.4) is 0 Å². The number of hydrogen-bond donors (Lipinski definition) is 2. The second kappa shape index (κ2) is 4.60. The molecule has 2 aromatic rings. The molecule has 0 saturated heterocycles. The van der Waals surface area contributed by atoms with Gasteiger partial charge >= 0.3 is 0 Å². The summed E-state index contributed by atoms with van der Waals surface area (Å²) in [5.74, 6) is -0.238. The SMILES string of the molecule is C[C@@H](O)[C@H](N)c1nc(-c2ccccc2F)no1. The summed E-state index contributed by atoms with van der Waals surface area (Å²) >= 11 is 0. The molecule has 0 aliphatic rings. The summed E-state index contributed by atoms with van der Waals surface area (Å²) in [6.45, 7) is 1.51. The van der Waals surface area contributed by atoms with E-state index in [1.165, 1.54) is 19.1 Å². The Morgan fingerprint density at radius 2 is 2.12 bits per heavy atom. The average molecular weight is 237 g/mol. The van der Waals surface area contributed by atoms with Gasteiger partial charge in [0.05, 0.1) is 11.7 Å². The fourth-order valence-corrected chi connectivity index (χ4v) is 1.33. The van der Waals surface area contributed by atoms with Gasteiger partial charge in [0.1, 0.15) is 11.9 Å². The summed E-state index contributed by atoms with van der Waals surface area (Å²) in [5.41, 5.74) is 5.86. The number of hydrogen-bond acceptors (Lipinski definition) is 5. The second-order valence-corrected chi connectivity index (χ2v) is 3.70. The molecule has 0 unspecified atom stereocenters. The Balaban J connectivity index is 2.34. The standard InChI is InChI=1S/C11H12FN3O2/c1-6(16)9(13)11-14-10(15-17-11)7-4-2-3-5-8(7)12/h2-6,9,16H,13H2,1H3/t6-,9+/m1/s1. The highest BCUT2D eigenvalue weighted by Gasteiger charge is 2.20. The maximum atomic E-state index is 13.4. The predicted molar refractivity (Wildman–Crippen MR) is 58.3 cm³/mol. The highest BCUT2D eigenvalue weighted by atomic mass is 19.1. The topological polar surface area (TPSA) is 85.2 Å². The van der Waals surface area contributed by atoms with Gasteiger partial charge in [0, 0.05) is 0 Å². The first kappa shape index (κ1) is 11.7. The van der Waals surface area contributed by atoms with Crippen molar-refractivity contribution in [1.82, 2.24) is 10.1 Å². The highest BCUT2D eigenvalue weighted by Crippen LogP contribution is 2.21. The number of aliphatic hydroxyl groups excluding tert-OH is 1. The van der Waals surface area contributed by atoms with E-state index in [9.17, 15) is 9.50 Å². The first-order chi connectivity index (χ1) is 8.09. The number of nitrogens with zero attached hydrogens (tertiary/aromatic N) is 2. The highest BCUT2D eigenvalue weighted by molar-refractivity contribution is 5.54. The molecule has 0 aliphatic heterocycles. The van der Waals surface area contributed by atoms with Crippen LogP contribution in [0.2, 0.25) is 0 Å². The van der Waals surface area contributed by atoms with Crippen LogP contribution >= 0.6 is 0 Å². The van der Waals surface area contributed by atoms with E-state index in [1.807, 2.05) is 0 Å². The van der Waals surface area contributed by atoms with Crippen molar-refractivity contribution in [1.29, 1.82) is 0 Å². The Hall–Kier alpha value is -1.79. The lowest BCUT2D eigenvalue weighted by molar-refractivity contribution is 0.146. The number of benzene rings is 1. The Morgan fingerprint density at radius 3 is 2.76 bits per heavy atom. The summed E-state index contributed by atoms with van der Waals surface area (Å²) in [6.07, 6.45) is -0.816. The van der Waals surface area contributed by atoms with Crippen LogP contribution in [0, 0.1) is 5.82 Å². The van der Waals surface area contributed by atoms with E-state index < -0.39 is 18.0 Å². The fourth-order valence-electron chi connectivity index (χ4n) is 1.33. The number of nitrogens with two attached hydrogens (primary N) is 1. The van der Waals surface area contributed by atoms with Crippen LogP contribution in [0.5, 0.6) is 0 Å². The van der Waals surface area contributed by atoms with Crippen LogP contribution in [0.4, 0.5) is 4.39 Å². The molecule has 1 aromatic heterocycles. The van der Waals surface area contributed by atoms with Gasteiger partial charge in [-0.05, 0) is 19.1 Å². The van der Waals surface area contributed by atoms with Crippen LogP contribution in [0.15, 0.2) is 28.8 Å². The molecule has 1 aromatic carbocycles. The van der Waals surface area contributed by atoms with Crippen molar-refractivity contribution >= 4 is 0 Å². The quantitative estimate of drug-likeness (QED) is 0.839. The van der Waals surface area contributed by atoms with E-state index in [2.05, 4.69) is 10.1 Å². The molecule has 2 atom stereocenters. The Morgan fingerprint density at radius 1 is 1.41 bits per heavy atom. The van der Waals surface area contributed by atoms with Gasteiger partial charge in [-0.3, -0.25) is 0 Å². The molecule has 0 spiro atoms. The summed E-state index contributed by atoms with van der Waals surface area (Å²) in [6, 6.07) is 5.31. The summed E-state index contributed by atoms with van der Waals surface area (Å²) < 4.78 is 18.3. The molecule has 0 bridgehead atoms. The molecule has 90 valence electrons. The van der Waals surface area contributed by atoms with Gasteiger partial charge in [-0.2, -0.15) is 4.98 Å². The normalized spacial score (nSPS) is 14.6. The van der Waals surface area contributed by atoms with Crippen molar-refractivity contribution in [3.8, 4) is 11.4 Å². The van der Waals surface area contributed by atoms with Crippen LogP contribution in [-0.4, -0.2) is 21.4 Å². The summed E-state index contributed by atoms with van der Waals surface area (Å²) in [4.78, 5) is 3.96. The predicted octanol–water partition coefficient (Wildman–Crippen LogP) is 1.26. The summed E-state index contributed by atoms with van der Waals surface area (Å²) in [5, 5.41) is 12.9. The smallest absolute Gasteiger partial charge is 0.246 e. The van der Waals surface area contributed by atoms with E-state index in [0.29, 0.717) is 0 Å². The average Bonchev–Trinajstić information content (AvgIpc) is 2.77. The summed E-state index contributed by atoms with van der Waals surface area (Å²) in [7, 11) is 0. The van der Waals surface area contributed by atoms with Crippen molar-refractivity contribution in [3.05, 3.63) is 36.0 Å². The van der Waals surface area contributed by atoms with Gasteiger partial charge in [0.15, 0.2) is 0 Å². The third-order valence-electron chi connectivity index (χ3n) is 2.36. The van der Waals surface area contributed by atoms with Gasteiger partial charge in [-0.25, -0.2) is 4.39 Å². The maximum absolute atomic E-state index is 13.4. The molecule has 1 heterocycles. The minimum Gasteiger partial charge on any atom is -0.391 e. The lowest BCUT2D eigenvalue weighted by Gasteiger charge is -2.08. The van der Waals surface area contributed by atoms with E-state index in [1.54, 1.807) is 12.1 Å². The molecule has 0 saturated carbocycles.